The third kappa shape index (κ3) is 12.7. The summed E-state index contributed by atoms with van der Waals surface area (Å²) in [6.07, 6.45) is 6.96. The molecule has 0 saturated heterocycles. The lowest BCUT2D eigenvalue weighted by Crippen LogP contribution is -2.37. The van der Waals surface area contributed by atoms with Gasteiger partial charge < -0.3 is 26.4 Å². The van der Waals surface area contributed by atoms with E-state index < -0.39 is 31.7 Å². The number of carbonyl (C=O) groups excluding carboxylic acids is 1. The highest BCUT2D eigenvalue weighted by Crippen LogP contribution is 2.41. The summed E-state index contributed by atoms with van der Waals surface area (Å²) in [6, 6.07) is 10.1. The number of hydrogen-bond acceptors (Lipinski definition) is 17. The molecule has 8 rings (SSSR count). The smallest absolute Gasteiger partial charge is 0.407 e. The Hall–Kier alpha value is -4.79. The molecule has 26 heteroatoms. The normalized spacial score (nSPS) is 14.2. The van der Waals surface area contributed by atoms with Gasteiger partial charge in [0, 0.05) is 61.5 Å². The van der Waals surface area contributed by atoms with Crippen molar-refractivity contribution in [2.75, 3.05) is 36.8 Å². The van der Waals surface area contributed by atoms with Crippen molar-refractivity contribution in [2.45, 2.75) is 72.3 Å². The van der Waals surface area contributed by atoms with Crippen LogP contribution in [0.5, 0.6) is 0 Å². The third-order valence-electron chi connectivity index (χ3n) is 8.87. The molecule has 63 heavy (non-hydrogen) atoms. The lowest BCUT2D eigenvalue weighted by atomic mass is 10.2. The Labute approximate surface area is 381 Å². The minimum atomic E-state index is -3.78. The number of nitrogens with one attached hydrogen (secondary N) is 7. The van der Waals surface area contributed by atoms with Crippen LogP contribution in [-0.2, 0) is 24.8 Å². The highest BCUT2D eigenvalue weighted by Gasteiger charge is 2.27. The number of alkyl carbamates (subject to hydrolysis) is 1. The van der Waals surface area contributed by atoms with Crippen molar-refractivity contribution in [3.8, 4) is 21.4 Å². The number of ether oxygens (including phenoxy) is 1. The van der Waals surface area contributed by atoms with Crippen LogP contribution in [0.2, 0.25) is 10.0 Å². The van der Waals surface area contributed by atoms with E-state index in [-0.39, 0.29) is 34.6 Å². The first-order chi connectivity index (χ1) is 30.0. The molecular formula is C37H44Cl2N14O6S4. The fourth-order valence-electron chi connectivity index (χ4n) is 5.57. The highest BCUT2D eigenvalue weighted by molar-refractivity contribution is 7.92. The van der Waals surface area contributed by atoms with Crippen LogP contribution < -0.4 is 31.1 Å². The SMILES string of the molecule is CC(C)(C)OC(=O)NCCNS(=O)(=O)c1ccc(-c2ncc(Cl)c(Nc3cc(C4CC4)[nH]n3)n2)s1.NCCNS(=O)(=O)c1ccc(-c2ncc(Cl)c(Nc3cc(C4CC4)[nH]n3)n2)s1. The van der Waals surface area contributed by atoms with E-state index >= 15 is 0 Å². The molecule has 0 radical (unpaired) electrons. The highest BCUT2D eigenvalue weighted by atomic mass is 35.5. The number of aromatic amines is 2. The average Bonchev–Trinajstić information content (AvgIpc) is 3.97. The van der Waals surface area contributed by atoms with E-state index in [1.54, 1.807) is 32.9 Å². The van der Waals surface area contributed by atoms with Gasteiger partial charge in [-0.1, -0.05) is 23.2 Å². The number of thiophene rings is 2. The first kappa shape index (κ1) is 46.2. The minimum absolute atomic E-state index is 0.00678. The van der Waals surface area contributed by atoms with E-state index in [1.807, 2.05) is 12.1 Å². The number of aromatic nitrogens is 8. The first-order valence-corrected chi connectivity index (χ1v) is 24.9. The Balaban J connectivity index is 0.000000193. The largest absolute Gasteiger partial charge is 0.444 e. The van der Waals surface area contributed by atoms with E-state index in [0.717, 1.165) is 46.9 Å². The summed E-state index contributed by atoms with van der Waals surface area (Å²) in [5, 5.41) is 23.8. The monoisotopic (exact) mass is 978 g/mol. The van der Waals surface area contributed by atoms with Crippen LogP contribution in [0.4, 0.5) is 28.1 Å². The maximum atomic E-state index is 12.6. The van der Waals surface area contributed by atoms with Gasteiger partial charge in [0.1, 0.15) is 24.1 Å². The maximum Gasteiger partial charge on any atom is 0.407 e. The number of rotatable bonds is 17. The van der Waals surface area contributed by atoms with Crippen LogP contribution in [0.25, 0.3) is 21.4 Å². The van der Waals surface area contributed by atoms with Crippen LogP contribution in [-0.4, -0.2) is 95.0 Å². The van der Waals surface area contributed by atoms with Gasteiger partial charge in [-0.25, -0.2) is 51.0 Å². The van der Waals surface area contributed by atoms with Crippen LogP contribution >= 0.6 is 45.9 Å². The number of H-pyrrole nitrogens is 2. The van der Waals surface area contributed by atoms with E-state index in [9.17, 15) is 21.6 Å². The van der Waals surface area contributed by atoms with Crippen LogP contribution in [0.3, 0.4) is 0 Å². The average molecular weight is 980 g/mol. The number of carbonyl (C=O) groups is 1. The van der Waals surface area contributed by atoms with Gasteiger partial charge in [-0.05, 0) is 70.7 Å². The van der Waals surface area contributed by atoms with Gasteiger partial charge in [0.2, 0.25) is 20.0 Å². The lowest BCUT2D eigenvalue weighted by Gasteiger charge is -2.19. The second-order valence-electron chi connectivity index (χ2n) is 15.2. The van der Waals surface area contributed by atoms with E-state index in [1.165, 1.54) is 37.4 Å². The zero-order valence-corrected chi connectivity index (χ0v) is 38.8. The second-order valence-corrected chi connectivity index (χ2v) is 22.2. The molecule has 20 nitrogen and oxygen atoms in total. The van der Waals surface area contributed by atoms with Gasteiger partial charge in [-0.2, -0.15) is 10.2 Å². The Bertz CT molecular complexity index is 2780. The van der Waals surface area contributed by atoms with Crippen molar-refractivity contribution in [3.63, 3.8) is 0 Å². The maximum absolute atomic E-state index is 12.6. The summed E-state index contributed by atoms with van der Waals surface area (Å²) in [6.45, 7) is 5.72. The Morgan fingerprint density at radius 1 is 0.762 bits per heavy atom. The fraction of sp³-hybridized carbons (Fsp3) is 0.378. The van der Waals surface area contributed by atoms with Crippen molar-refractivity contribution in [1.29, 1.82) is 0 Å². The molecule has 9 N–H and O–H groups in total. The number of nitrogens with zero attached hydrogens (tertiary/aromatic N) is 6. The van der Waals surface area contributed by atoms with Gasteiger partial charge in [-0.3, -0.25) is 10.2 Å². The Morgan fingerprint density at radius 2 is 1.22 bits per heavy atom. The standard InChI is InChI=1S/C21H26ClN7O4S2.C16H18ClN7O2S2/c1-21(2,3)33-20(30)23-8-9-25-35(31,32)17-7-6-15(34-17)19-24-11-13(22)18(27-19)26-16-10-14(28-29-16)12-4-5-12;17-10-8-19-16(12-3-4-14(27-12)28(25,26)20-6-5-18)22-15(10)21-13-7-11(23-24-13)9-1-2-9/h6-7,10-12,25H,4-5,8-9H2,1-3H3,(H,23,30)(H2,24,26,27,28,29);3-4,7-9,20H,1-2,5-6,18H2,(H2,19,21,22,23,24). The molecule has 0 bridgehead atoms. The number of nitrogens with two attached hydrogens (primary N) is 1. The van der Waals surface area contributed by atoms with Crippen molar-refractivity contribution in [1.82, 2.24) is 55.1 Å². The zero-order valence-electron chi connectivity index (χ0n) is 34.0. The van der Waals surface area contributed by atoms with Crippen molar-refractivity contribution in [2.24, 2.45) is 5.73 Å². The molecule has 0 aliphatic heterocycles. The molecule has 2 aliphatic rings. The summed E-state index contributed by atoms with van der Waals surface area (Å²) in [7, 11) is -7.38. The summed E-state index contributed by atoms with van der Waals surface area (Å²) in [5.41, 5.74) is 6.88. The van der Waals surface area contributed by atoms with Crippen molar-refractivity contribution < 1.29 is 26.4 Å². The number of halogens is 2. The second kappa shape index (κ2) is 19.5. The predicted molar refractivity (Wildman–Crippen MR) is 242 cm³/mol. The molecule has 2 fully saturated rings. The van der Waals surface area contributed by atoms with Crippen LogP contribution in [0.1, 0.15) is 69.7 Å². The summed E-state index contributed by atoms with van der Waals surface area (Å²) < 4.78 is 60.0. The van der Waals surface area contributed by atoms with E-state index in [2.05, 4.69) is 65.7 Å². The molecule has 6 aromatic heterocycles. The molecule has 0 spiro atoms. The molecule has 6 heterocycles. The van der Waals surface area contributed by atoms with Crippen LogP contribution in [0, 0.1) is 0 Å². The predicted octanol–water partition coefficient (Wildman–Crippen LogP) is 6.45. The number of hydrogen-bond donors (Lipinski definition) is 8. The van der Waals surface area contributed by atoms with Crippen molar-refractivity contribution in [3.05, 3.63) is 70.2 Å². The molecule has 2 saturated carbocycles. The first-order valence-electron chi connectivity index (χ1n) is 19.5. The molecule has 0 atom stereocenters. The van der Waals surface area contributed by atoms with E-state index in [4.69, 9.17) is 33.7 Å². The number of amides is 1. The summed E-state index contributed by atoms with van der Waals surface area (Å²) in [4.78, 5) is 30.2. The Morgan fingerprint density at radius 3 is 1.65 bits per heavy atom. The number of anilines is 4. The topological polar surface area (TPSA) is 290 Å². The third-order valence-corrected chi connectivity index (χ3v) is 15.5. The van der Waals surface area contributed by atoms with Gasteiger partial charge in [0.15, 0.2) is 34.9 Å². The van der Waals surface area contributed by atoms with Gasteiger partial charge in [-0.15, -0.1) is 22.7 Å². The zero-order chi connectivity index (χ0) is 44.9. The molecule has 336 valence electrons. The fourth-order valence-corrected chi connectivity index (χ4v) is 10.5. The summed E-state index contributed by atoms with van der Waals surface area (Å²) >= 11 is 14.6. The molecular weight excluding hydrogens is 936 g/mol. The van der Waals surface area contributed by atoms with E-state index in [0.29, 0.717) is 66.6 Å². The van der Waals surface area contributed by atoms with Crippen molar-refractivity contribution >= 4 is 95.3 Å². The Kier molecular flexibility index (Phi) is 14.3. The molecule has 2 aliphatic carbocycles. The molecule has 1 amide bonds. The van der Waals surface area contributed by atoms with Crippen LogP contribution in [0.15, 0.2) is 57.2 Å². The van der Waals surface area contributed by atoms with Gasteiger partial charge in [0.25, 0.3) is 0 Å². The van der Waals surface area contributed by atoms with Gasteiger partial charge >= 0.3 is 6.09 Å². The minimum Gasteiger partial charge on any atom is -0.444 e. The molecule has 6 aromatic rings. The molecule has 0 aromatic carbocycles. The number of sulfonamides is 2. The lowest BCUT2D eigenvalue weighted by molar-refractivity contribution is 0.0529. The summed E-state index contributed by atoms with van der Waals surface area (Å²) in [5.74, 6) is 3.77. The quantitative estimate of drug-likeness (QED) is 0.0456. The van der Waals surface area contributed by atoms with Gasteiger partial charge in [0.05, 0.1) is 22.1 Å². The molecule has 0 unspecified atom stereocenters.